The molecular formula is C18H18N2O4. The number of amides is 1. The zero-order valence-electron chi connectivity index (χ0n) is 13.1. The van der Waals surface area contributed by atoms with E-state index < -0.39 is 0 Å². The Balaban J connectivity index is 1.60. The van der Waals surface area contributed by atoms with Gasteiger partial charge in [-0.1, -0.05) is 6.07 Å². The lowest BCUT2D eigenvalue weighted by atomic mass is 10.1. The van der Waals surface area contributed by atoms with E-state index in [1.807, 2.05) is 6.07 Å². The van der Waals surface area contributed by atoms with Crippen molar-refractivity contribution in [3.8, 4) is 11.8 Å². The molecule has 6 nitrogen and oxygen atoms in total. The molecule has 24 heavy (non-hydrogen) atoms. The predicted molar refractivity (Wildman–Crippen MR) is 85.3 cm³/mol. The molecule has 1 heterocycles. The van der Waals surface area contributed by atoms with E-state index in [2.05, 4.69) is 5.32 Å². The molecule has 0 unspecified atom stereocenters. The fraction of sp³-hybridized carbons (Fsp3) is 0.333. The highest BCUT2D eigenvalue weighted by Crippen LogP contribution is 2.44. The number of ether oxygens (including phenoxy) is 1. The highest BCUT2D eigenvalue weighted by molar-refractivity contribution is 5.92. The summed E-state index contributed by atoms with van der Waals surface area (Å²) >= 11 is 0. The van der Waals surface area contributed by atoms with E-state index in [0.717, 1.165) is 12.8 Å². The fourth-order valence-electron chi connectivity index (χ4n) is 2.38. The quantitative estimate of drug-likeness (QED) is 0.813. The Hall–Kier alpha value is -2.78. The minimum absolute atomic E-state index is 0.0800. The van der Waals surface area contributed by atoms with Crippen LogP contribution in [-0.2, 0) is 6.61 Å². The van der Waals surface area contributed by atoms with Gasteiger partial charge < -0.3 is 19.6 Å². The molecule has 1 aromatic heterocycles. The van der Waals surface area contributed by atoms with Crippen LogP contribution in [0.15, 0.2) is 41.0 Å². The lowest BCUT2D eigenvalue weighted by molar-refractivity contribution is 0.0904. The first kappa shape index (κ1) is 16.1. The lowest BCUT2D eigenvalue weighted by Crippen LogP contribution is -2.32. The second-order valence-electron chi connectivity index (χ2n) is 6.04. The Morgan fingerprint density at radius 2 is 2.25 bits per heavy atom. The Labute approximate surface area is 139 Å². The Kier molecular flexibility index (Phi) is 4.54. The molecule has 1 aliphatic carbocycles. The van der Waals surface area contributed by atoms with Crippen molar-refractivity contribution >= 4 is 5.91 Å². The van der Waals surface area contributed by atoms with Crippen LogP contribution in [0.3, 0.4) is 0 Å². The largest absolute Gasteiger partial charge is 0.489 e. The summed E-state index contributed by atoms with van der Waals surface area (Å²) in [6, 6.07) is 10.5. The van der Waals surface area contributed by atoms with E-state index >= 15 is 0 Å². The zero-order chi connectivity index (χ0) is 17.0. The Morgan fingerprint density at radius 3 is 2.96 bits per heavy atom. The molecule has 1 saturated carbocycles. The molecule has 2 aromatic rings. The van der Waals surface area contributed by atoms with Crippen LogP contribution >= 0.6 is 0 Å². The average Bonchev–Trinajstić information content (AvgIpc) is 3.26. The van der Waals surface area contributed by atoms with E-state index in [0.29, 0.717) is 23.4 Å². The number of nitrogens with zero attached hydrogens (tertiary/aromatic N) is 1. The first-order valence-electron chi connectivity index (χ1n) is 7.74. The van der Waals surface area contributed by atoms with Gasteiger partial charge in [0.25, 0.3) is 5.91 Å². The number of carbonyl (C=O) groups excluding carboxylic acids is 1. The van der Waals surface area contributed by atoms with Crippen LogP contribution in [0, 0.1) is 16.7 Å². The lowest BCUT2D eigenvalue weighted by Gasteiger charge is -2.12. The van der Waals surface area contributed by atoms with Crippen molar-refractivity contribution in [3.05, 3.63) is 53.5 Å². The van der Waals surface area contributed by atoms with Gasteiger partial charge in [-0.2, -0.15) is 5.26 Å². The van der Waals surface area contributed by atoms with Crippen LogP contribution < -0.4 is 10.1 Å². The predicted octanol–water partition coefficient (Wildman–Crippen LogP) is 2.23. The molecule has 0 saturated heterocycles. The highest BCUT2D eigenvalue weighted by atomic mass is 16.5. The smallest absolute Gasteiger partial charge is 0.287 e. The number of rotatable bonds is 7. The van der Waals surface area contributed by atoms with Gasteiger partial charge in [0, 0.05) is 17.5 Å². The van der Waals surface area contributed by atoms with Crippen LogP contribution in [-0.4, -0.2) is 24.2 Å². The van der Waals surface area contributed by atoms with E-state index in [1.165, 1.54) is 6.26 Å². The zero-order valence-corrected chi connectivity index (χ0v) is 13.1. The number of aliphatic hydroxyl groups is 1. The third-order valence-corrected chi connectivity index (χ3v) is 4.23. The molecule has 0 atom stereocenters. The van der Waals surface area contributed by atoms with Crippen molar-refractivity contribution in [1.82, 2.24) is 5.32 Å². The summed E-state index contributed by atoms with van der Waals surface area (Å²) < 4.78 is 10.9. The SMILES string of the molecule is N#Cc1cccc(OCc2ccoc2C(=O)NCC2(CO)CC2)c1. The normalized spacial score (nSPS) is 14.7. The molecular weight excluding hydrogens is 308 g/mol. The summed E-state index contributed by atoms with van der Waals surface area (Å²) in [5.74, 6) is 0.447. The minimum atomic E-state index is -0.316. The van der Waals surface area contributed by atoms with Crippen LogP contribution in [0.4, 0.5) is 0 Å². The molecule has 1 aromatic carbocycles. The second kappa shape index (κ2) is 6.77. The first-order valence-corrected chi connectivity index (χ1v) is 7.74. The van der Waals surface area contributed by atoms with Crippen LogP contribution in [0.2, 0.25) is 0 Å². The van der Waals surface area contributed by atoms with Crippen molar-refractivity contribution in [2.45, 2.75) is 19.4 Å². The summed E-state index contributed by atoms with van der Waals surface area (Å²) in [7, 11) is 0. The Morgan fingerprint density at radius 1 is 1.42 bits per heavy atom. The first-order chi connectivity index (χ1) is 11.7. The standard InChI is InChI=1S/C18H18N2O4/c19-9-13-2-1-3-15(8-13)24-10-14-4-7-23-16(14)17(22)20-11-18(12-21)5-6-18/h1-4,7-8,21H,5-6,10-12H2,(H,20,22). The molecule has 0 aliphatic heterocycles. The maximum absolute atomic E-state index is 12.2. The summed E-state index contributed by atoms with van der Waals surface area (Å²) in [6.45, 7) is 0.684. The summed E-state index contributed by atoms with van der Waals surface area (Å²) in [5.41, 5.74) is 0.983. The maximum Gasteiger partial charge on any atom is 0.287 e. The van der Waals surface area contributed by atoms with Gasteiger partial charge in [0.15, 0.2) is 5.76 Å². The summed E-state index contributed by atoms with van der Waals surface area (Å²) in [4.78, 5) is 12.2. The summed E-state index contributed by atoms with van der Waals surface area (Å²) in [6.07, 6.45) is 3.29. The van der Waals surface area contributed by atoms with Gasteiger partial charge in [-0.15, -0.1) is 0 Å². The van der Waals surface area contributed by atoms with E-state index in [1.54, 1.807) is 30.3 Å². The van der Waals surface area contributed by atoms with Gasteiger partial charge >= 0.3 is 0 Å². The van der Waals surface area contributed by atoms with Gasteiger partial charge in [-0.25, -0.2) is 0 Å². The highest BCUT2D eigenvalue weighted by Gasteiger charge is 2.42. The van der Waals surface area contributed by atoms with Gasteiger partial charge in [-0.3, -0.25) is 4.79 Å². The number of hydrogen-bond donors (Lipinski definition) is 2. The molecule has 0 radical (unpaired) electrons. The molecule has 0 spiro atoms. The molecule has 3 rings (SSSR count). The van der Waals surface area contributed by atoms with Gasteiger partial charge in [-0.05, 0) is 37.1 Å². The second-order valence-corrected chi connectivity index (χ2v) is 6.04. The van der Waals surface area contributed by atoms with Crippen LogP contribution in [0.25, 0.3) is 0 Å². The van der Waals surface area contributed by atoms with E-state index in [9.17, 15) is 9.90 Å². The molecule has 2 N–H and O–H groups in total. The molecule has 6 heteroatoms. The Bertz CT molecular complexity index is 771. The number of carbonyl (C=O) groups is 1. The molecule has 1 fully saturated rings. The van der Waals surface area contributed by atoms with Gasteiger partial charge in [0.1, 0.15) is 12.4 Å². The monoisotopic (exact) mass is 326 g/mol. The number of nitriles is 1. The minimum Gasteiger partial charge on any atom is -0.489 e. The number of benzene rings is 1. The van der Waals surface area contributed by atoms with Gasteiger partial charge in [0.2, 0.25) is 0 Å². The van der Waals surface area contributed by atoms with Crippen molar-refractivity contribution in [3.63, 3.8) is 0 Å². The fourth-order valence-corrected chi connectivity index (χ4v) is 2.38. The molecule has 1 amide bonds. The van der Waals surface area contributed by atoms with Crippen LogP contribution in [0.5, 0.6) is 5.75 Å². The van der Waals surface area contributed by atoms with Crippen LogP contribution in [0.1, 0.15) is 34.5 Å². The van der Waals surface area contributed by atoms with Crippen molar-refractivity contribution in [2.75, 3.05) is 13.2 Å². The van der Waals surface area contributed by atoms with Crippen molar-refractivity contribution < 1.29 is 19.1 Å². The molecule has 124 valence electrons. The van der Waals surface area contributed by atoms with E-state index in [4.69, 9.17) is 14.4 Å². The summed E-state index contributed by atoms with van der Waals surface area (Å²) in [5, 5.41) is 21.0. The molecule has 0 bridgehead atoms. The van der Waals surface area contributed by atoms with Crippen molar-refractivity contribution in [2.24, 2.45) is 5.41 Å². The number of aliphatic hydroxyl groups excluding tert-OH is 1. The van der Waals surface area contributed by atoms with E-state index in [-0.39, 0.29) is 30.3 Å². The number of nitrogens with one attached hydrogen (secondary N) is 1. The topological polar surface area (TPSA) is 95.5 Å². The average molecular weight is 326 g/mol. The van der Waals surface area contributed by atoms with Crippen molar-refractivity contribution in [1.29, 1.82) is 5.26 Å². The molecule has 1 aliphatic rings. The van der Waals surface area contributed by atoms with Gasteiger partial charge in [0.05, 0.1) is 24.5 Å². The third kappa shape index (κ3) is 3.58. The number of hydrogen-bond acceptors (Lipinski definition) is 5. The third-order valence-electron chi connectivity index (χ3n) is 4.23. The number of furan rings is 1. The maximum atomic E-state index is 12.2.